The van der Waals surface area contributed by atoms with Crippen LogP contribution in [0.2, 0.25) is 0 Å². The van der Waals surface area contributed by atoms with E-state index in [0.29, 0.717) is 0 Å². The van der Waals surface area contributed by atoms with Crippen molar-refractivity contribution in [3.8, 4) is 16.9 Å². The van der Waals surface area contributed by atoms with Crippen LogP contribution in [0.4, 0.5) is 0 Å². The number of benzene rings is 6. The van der Waals surface area contributed by atoms with Crippen LogP contribution in [-0.4, -0.2) is 15.3 Å². The van der Waals surface area contributed by atoms with Crippen molar-refractivity contribution in [1.29, 1.82) is 0 Å². The first-order chi connectivity index (χ1) is 30.7. The van der Waals surface area contributed by atoms with Gasteiger partial charge in [-0.15, -0.1) is 0 Å². The monoisotopic (exact) mass is 803 g/mol. The van der Waals surface area contributed by atoms with E-state index in [9.17, 15) is 0 Å². The van der Waals surface area contributed by atoms with Gasteiger partial charge in [0.2, 0.25) is 0 Å². The van der Waals surface area contributed by atoms with Crippen molar-refractivity contribution in [2.45, 2.75) is 69.5 Å². The van der Waals surface area contributed by atoms with Gasteiger partial charge >= 0.3 is 0 Å². The summed E-state index contributed by atoms with van der Waals surface area (Å²) in [5.74, 6) is 0. The van der Waals surface area contributed by atoms with Crippen LogP contribution in [0.5, 0.6) is 0 Å². The summed E-state index contributed by atoms with van der Waals surface area (Å²) in [6.07, 6.45) is 23.9. The molecular formula is C57H49N5. The molecule has 0 saturated carbocycles. The van der Waals surface area contributed by atoms with Crippen molar-refractivity contribution in [1.82, 2.24) is 25.1 Å². The minimum atomic E-state index is -0.112. The highest BCUT2D eigenvalue weighted by atomic mass is 15.4. The fourth-order valence-corrected chi connectivity index (χ4v) is 11.5. The van der Waals surface area contributed by atoms with Gasteiger partial charge in [0.05, 0.1) is 35.7 Å². The lowest BCUT2D eigenvalue weighted by Gasteiger charge is -2.41. The molecule has 8 aromatic rings. The van der Waals surface area contributed by atoms with Gasteiger partial charge in [0.25, 0.3) is 0 Å². The van der Waals surface area contributed by atoms with Crippen LogP contribution in [0.15, 0.2) is 163 Å². The topological polar surface area (TPSA) is 46.0 Å². The van der Waals surface area contributed by atoms with Crippen LogP contribution in [0.3, 0.4) is 0 Å². The number of hydrogen-bond donors (Lipinski definition) is 3. The SMILES string of the molecule is C1=CCCC(C2NC(c3ccccc3)NC(c3cc(-n4c5c(c6cc7ccccc7cc64)C=CC(n4c6c(c7c4-c4ccccc4CC7)CCC=C6)C5)cc4ccccc34)N2)=C1. The number of rotatable bonds is 5. The fraction of sp³-hybridized carbons (Fsp3) is 0.193. The van der Waals surface area contributed by atoms with E-state index in [1.807, 2.05) is 0 Å². The summed E-state index contributed by atoms with van der Waals surface area (Å²) in [5, 5.41) is 18.4. The highest BCUT2D eigenvalue weighted by molar-refractivity contribution is 6.03. The quantitative estimate of drug-likeness (QED) is 0.162. The summed E-state index contributed by atoms with van der Waals surface area (Å²) in [5.41, 5.74) is 17.9. The van der Waals surface area contributed by atoms with Crippen LogP contribution < -0.4 is 16.0 Å². The molecule has 302 valence electrons. The van der Waals surface area contributed by atoms with E-state index >= 15 is 0 Å². The first kappa shape index (κ1) is 36.2. The number of nitrogens with zero attached hydrogens (tertiary/aromatic N) is 2. The van der Waals surface area contributed by atoms with Crippen molar-refractivity contribution in [2.24, 2.45) is 0 Å². The second-order valence-corrected chi connectivity index (χ2v) is 17.9. The van der Waals surface area contributed by atoms with Crippen LogP contribution in [-0.2, 0) is 25.7 Å². The Labute approximate surface area is 362 Å². The summed E-state index contributed by atoms with van der Waals surface area (Å²) < 4.78 is 5.35. The molecule has 3 heterocycles. The van der Waals surface area contributed by atoms with Crippen molar-refractivity contribution in [3.05, 3.63) is 208 Å². The molecule has 62 heavy (non-hydrogen) atoms. The Balaban J connectivity index is 1.01. The number of nitrogens with one attached hydrogen (secondary N) is 3. The van der Waals surface area contributed by atoms with Crippen LogP contribution in [0.1, 0.15) is 82.4 Å². The standard InChI is InChI=1S/C57H49N5/c1-3-16-37(17-4-1)55-58-56(38-18-5-2-6-19-38)60-57(59-55)50-34-43(31-41-22-10-11-23-44(41)50)61-52-33-40-21-8-7-20-39(40)32-49(52)47-30-28-42(35-53(47)61)62-51-26-14-13-25-46(51)48-29-27-36-15-9-12-24-45(36)54(48)62/h1-5,7-12,14-18,20-24,26,28,30-34,42,55-60H,6,13,19,25,27,29,35H2. The molecule has 1 aliphatic heterocycles. The van der Waals surface area contributed by atoms with E-state index in [1.165, 1.54) is 88.6 Å². The summed E-state index contributed by atoms with van der Waals surface area (Å²) in [7, 11) is 0. The third-order valence-corrected chi connectivity index (χ3v) is 14.4. The number of hydrogen-bond acceptors (Lipinski definition) is 3. The van der Waals surface area contributed by atoms with E-state index in [1.54, 1.807) is 11.1 Å². The molecule has 6 aromatic carbocycles. The number of allylic oxidation sites excluding steroid dienone is 5. The van der Waals surface area contributed by atoms with Gasteiger partial charge in [0.1, 0.15) is 0 Å². The fourth-order valence-electron chi connectivity index (χ4n) is 11.5. The lowest BCUT2D eigenvalue weighted by Crippen LogP contribution is -2.59. The molecule has 0 spiro atoms. The van der Waals surface area contributed by atoms with Gasteiger partial charge in [-0.05, 0) is 124 Å². The molecule has 0 bridgehead atoms. The van der Waals surface area contributed by atoms with Gasteiger partial charge < -0.3 is 9.13 Å². The Hall–Kier alpha value is -6.50. The van der Waals surface area contributed by atoms with E-state index in [2.05, 4.69) is 195 Å². The van der Waals surface area contributed by atoms with Gasteiger partial charge in [-0.2, -0.15) is 0 Å². The lowest BCUT2D eigenvalue weighted by atomic mass is 9.86. The first-order valence-electron chi connectivity index (χ1n) is 22.7. The third-order valence-electron chi connectivity index (χ3n) is 14.4. The predicted molar refractivity (Wildman–Crippen MR) is 256 cm³/mol. The number of aromatic nitrogens is 2. The Kier molecular flexibility index (Phi) is 8.50. The Bertz CT molecular complexity index is 3230. The molecule has 13 rings (SSSR count). The van der Waals surface area contributed by atoms with Gasteiger partial charge in [0, 0.05) is 40.0 Å². The maximum atomic E-state index is 4.06. The molecule has 5 aliphatic rings. The molecule has 4 atom stereocenters. The molecule has 5 heteroatoms. The molecule has 4 aliphatic carbocycles. The summed E-state index contributed by atoms with van der Waals surface area (Å²) >= 11 is 0. The van der Waals surface area contributed by atoms with Crippen LogP contribution >= 0.6 is 0 Å². The molecule has 5 nitrogen and oxygen atoms in total. The third kappa shape index (κ3) is 5.80. The van der Waals surface area contributed by atoms with Gasteiger partial charge in [-0.3, -0.25) is 16.0 Å². The largest absolute Gasteiger partial charge is 0.333 e. The van der Waals surface area contributed by atoms with Gasteiger partial charge in [-0.1, -0.05) is 140 Å². The van der Waals surface area contributed by atoms with E-state index in [4.69, 9.17) is 0 Å². The molecule has 0 amide bonds. The molecule has 3 N–H and O–H groups in total. The minimum absolute atomic E-state index is 0.0221. The molecule has 1 saturated heterocycles. The van der Waals surface area contributed by atoms with Crippen LogP contribution in [0.25, 0.3) is 61.5 Å². The van der Waals surface area contributed by atoms with E-state index in [0.717, 1.165) is 44.9 Å². The van der Waals surface area contributed by atoms with Gasteiger partial charge in [-0.25, -0.2) is 0 Å². The van der Waals surface area contributed by atoms with E-state index in [-0.39, 0.29) is 24.5 Å². The zero-order chi connectivity index (χ0) is 40.7. The number of aryl methyl sites for hydroxylation is 1. The molecule has 0 radical (unpaired) electrons. The Morgan fingerprint density at radius 1 is 0.581 bits per heavy atom. The normalized spacial score (nSPS) is 21.5. The van der Waals surface area contributed by atoms with Crippen molar-refractivity contribution in [2.75, 3.05) is 0 Å². The molecular weight excluding hydrogens is 755 g/mol. The summed E-state index contributed by atoms with van der Waals surface area (Å²) in [6, 6.07) is 47.8. The van der Waals surface area contributed by atoms with Gasteiger partial charge in [0.15, 0.2) is 0 Å². The highest BCUT2D eigenvalue weighted by Gasteiger charge is 2.35. The van der Waals surface area contributed by atoms with Crippen molar-refractivity contribution < 1.29 is 0 Å². The predicted octanol–water partition coefficient (Wildman–Crippen LogP) is 12.4. The number of fused-ring (bicyclic) bond motifs is 10. The Morgan fingerprint density at radius 3 is 2.24 bits per heavy atom. The maximum Gasteiger partial charge on any atom is 0.0871 e. The zero-order valence-electron chi connectivity index (χ0n) is 34.8. The van der Waals surface area contributed by atoms with E-state index < -0.39 is 0 Å². The van der Waals surface area contributed by atoms with Crippen LogP contribution in [0, 0.1) is 0 Å². The summed E-state index contributed by atoms with van der Waals surface area (Å²) in [4.78, 5) is 0. The average Bonchev–Trinajstić information content (AvgIpc) is 3.85. The first-order valence-corrected chi connectivity index (χ1v) is 22.7. The molecule has 2 aromatic heterocycles. The average molecular weight is 804 g/mol. The minimum Gasteiger partial charge on any atom is -0.333 e. The highest BCUT2D eigenvalue weighted by Crippen LogP contribution is 2.46. The van der Waals surface area contributed by atoms with Crippen molar-refractivity contribution >= 4 is 44.6 Å². The second kappa shape index (κ2) is 14.6. The Morgan fingerprint density at radius 2 is 1.35 bits per heavy atom. The molecule has 4 unspecified atom stereocenters. The van der Waals surface area contributed by atoms with Crippen molar-refractivity contribution in [3.63, 3.8) is 0 Å². The summed E-state index contributed by atoms with van der Waals surface area (Å²) in [6.45, 7) is 0. The smallest absolute Gasteiger partial charge is 0.0871 e. The molecule has 1 fully saturated rings. The zero-order valence-corrected chi connectivity index (χ0v) is 34.8. The lowest BCUT2D eigenvalue weighted by molar-refractivity contribution is 0.220. The second-order valence-electron chi connectivity index (χ2n) is 17.9. The maximum absolute atomic E-state index is 4.06.